The number of aromatic nitrogens is 2. The van der Waals surface area contributed by atoms with Gasteiger partial charge in [-0.3, -0.25) is 4.68 Å². The molecule has 17 heavy (non-hydrogen) atoms. The molecule has 0 saturated heterocycles. The summed E-state index contributed by atoms with van der Waals surface area (Å²) in [6, 6.07) is 2.05. The standard InChI is InChI=1S/C11H15BrN4S/c1-3-8-10(13)11(16(2)15-8)14-6-9-7(12)4-5-17-9/h4-5,14H,3,6,13H2,1-2H3. The number of hydrogen-bond donors (Lipinski definition) is 2. The molecule has 3 N–H and O–H groups in total. The molecule has 92 valence electrons. The summed E-state index contributed by atoms with van der Waals surface area (Å²) < 4.78 is 2.93. The highest BCUT2D eigenvalue weighted by atomic mass is 79.9. The summed E-state index contributed by atoms with van der Waals surface area (Å²) in [4.78, 5) is 1.25. The molecule has 2 aromatic heterocycles. The molecule has 0 amide bonds. The van der Waals surface area contributed by atoms with E-state index in [1.165, 1.54) is 4.88 Å². The van der Waals surface area contributed by atoms with Gasteiger partial charge in [0.25, 0.3) is 0 Å². The normalized spacial score (nSPS) is 10.8. The summed E-state index contributed by atoms with van der Waals surface area (Å²) in [5.41, 5.74) is 7.74. The van der Waals surface area contributed by atoms with Crippen LogP contribution >= 0.6 is 27.3 Å². The Kier molecular flexibility index (Phi) is 3.73. The van der Waals surface area contributed by atoms with E-state index in [1.54, 1.807) is 16.0 Å². The Bertz CT molecular complexity index is 518. The molecular weight excluding hydrogens is 300 g/mol. The maximum atomic E-state index is 6.04. The molecule has 4 nitrogen and oxygen atoms in total. The molecule has 0 atom stereocenters. The zero-order chi connectivity index (χ0) is 12.4. The van der Waals surface area contributed by atoms with Gasteiger partial charge in [-0.1, -0.05) is 6.92 Å². The number of nitrogens with zero attached hydrogens (tertiary/aromatic N) is 2. The van der Waals surface area contributed by atoms with Gasteiger partial charge in [0.15, 0.2) is 0 Å². The van der Waals surface area contributed by atoms with Crippen molar-refractivity contribution in [2.75, 3.05) is 11.1 Å². The van der Waals surface area contributed by atoms with Crippen molar-refractivity contribution in [3.63, 3.8) is 0 Å². The lowest BCUT2D eigenvalue weighted by Crippen LogP contribution is -2.05. The third kappa shape index (κ3) is 2.47. The van der Waals surface area contributed by atoms with E-state index in [9.17, 15) is 0 Å². The Labute approximate surface area is 113 Å². The first-order valence-electron chi connectivity index (χ1n) is 5.40. The minimum atomic E-state index is 0.752. The molecule has 0 saturated carbocycles. The second-order valence-electron chi connectivity index (χ2n) is 3.73. The van der Waals surface area contributed by atoms with Crippen molar-refractivity contribution < 1.29 is 0 Å². The molecule has 0 radical (unpaired) electrons. The molecule has 2 heterocycles. The van der Waals surface area contributed by atoms with Crippen LogP contribution in [-0.2, 0) is 20.0 Å². The van der Waals surface area contributed by atoms with Crippen LogP contribution in [0.2, 0.25) is 0 Å². The second-order valence-corrected chi connectivity index (χ2v) is 5.59. The molecule has 0 fully saturated rings. The first-order chi connectivity index (χ1) is 8.13. The fraction of sp³-hybridized carbons (Fsp3) is 0.364. The third-order valence-corrected chi connectivity index (χ3v) is 4.53. The molecule has 0 aliphatic carbocycles. The van der Waals surface area contributed by atoms with E-state index < -0.39 is 0 Å². The highest BCUT2D eigenvalue weighted by Crippen LogP contribution is 2.26. The predicted molar refractivity (Wildman–Crippen MR) is 76.3 cm³/mol. The Balaban J connectivity index is 2.14. The van der Waals surface area contributed by atoms with Crippen LogP contribution in [0.15, 0.2) is 15.9 Å². The number of nitrogens with one attached hydrogen (secondary N) is 1. The number of rotatable bonds is 4. The Hall–Kier alpha value is -1.01. The molecule has 0 aliphatic rings. The number of aryl methyl sites for hydroxylation is 2. The SMILES string of the molecule is CCc1nn(C)c(NCc2sccc2Br)c1N. The van der Waals surface area contributed by atoms with E-state index in [2.05, 4.69) is 38.6 Å². The Morgan fingerprint density at radius 1 is 1.59 bits per heavy atom. The van der Waals surface area contributed by atoms with Crippen molar-refractivity contribution in [1.82, 2.24) is 9.78 Å². The summed E-state index contributed by atoms with van der Waals surface area (Å²) in [5, 5.41) is 9.77. The molecule has 0 aromatic carbocycles. The number of hydrogen-bond acceptors (Lipinski definition) is 4. The number of halogens is 1. The van der Waals surface area contributed by atoms with Crippen molar-refractivity contribution in [1.29, 1.82) is 0 Å². The maximum Gasteiger partial charge on any atom is 0.148 e. The van der Waals surface area contributed by atoms with Crippen molar-refractivity contribution in [3.05, 3.63) is 26.5 Å². The molecule has 0 bridgehead atoms. The molecule has 0 aliphatic heterocycles. The maximum absolute atomic E-state index is 6.04. The van der Waals surface area contributed by atoms with E-state index in [-0.39, 0.29) is 0 Å². The van der Waals surface area contributed by atoms with E-state index in [0.29, 0.717) is 0 Å². The van der Waals surface area contributed by atoms with Gasteiger partial charge in [-0.25, -0.2) is 0 Å². The van der Waals surface area contributed by atoms with Crippen LogP contribution in [-0.4, -0.2) is 9.78 Å². The van der Waals surface area contributed by atoms with Gasteiger partial charge in [-0.2, -0.15) is 5.10 Å². The van der Waals surface area contributed by atoms with Crippen LogP contribution in [0.4, 0.5) is 11.5 Å². The van der Waals surface area contributed by atoms with E-state index in [0.717, 1.165) is 34.6 Å². The number of thiophene rings is 1. The summed E-state index contributed by atoms with van der Waals surface area (Å²) in [6.07, 6.45) is 0.851. The van der Waals surface area contributed by atoms with Crippen molar-refractivity contribution in [2.24, 2.45) is 7.05 Å². The summed E-state index contributed by atoms with van der Waals surface area (Å²) in [6.45, 7) is 2.81. The first-order valence-corrected chi connectivity index (χ1v) is 7.07. The van der Waals surface area contributed by atoms with Gasteiger partial charge in [0.2, 0.25) is 0 Å². The van der Waals surface area contributed by atoms with Gasteiger partial charge in [-0.05, 0) is 33.8 Å². The lowest BCUT2D eigenvalue weighted by Gasteiger charge is -2.06. The molecule has 0 spiro atoms. The molecular formula is C11H15BrN4S. The largest absolute Gasteiger partial charge is 0.394 e. The lowest BCUT2D eigenvalue weighted by atomic mass is 10.3. The number of anilines is 2. The van der Waals surface area contributed by atoms with Gasteiger partial charge in [0.1, 0.15) is 5.82 Å². The molecule has 2 rings (SSSR count). The van der Waals surface area contributed by atoms with Gasteiger partial charge < -0.3 is 11.1 Å². The summed E-state index contributed by atoms with van der Waals surface area (Å²) in [7, 11) is 1.90. The Morgan fingerprint density at radius 2 is 2.35 bits per heavy atom. The average molecular weight is 315 g/mol. The van der Waals surface area contributed by atoms with Gasteiger partial charge >= 0.3 is 0 Å². The van der Waals surface area contributed by atoms with Crippen LogP contribution in [0.25, 0.3) is 0 Å². The summed E-state index contributed by atoms with van der Waals surface area (Å²) >= 11 is 5.23. The van der Waals surface area contributed by atoms with Crippen LogP contribution < -0.4 is 11.1 Å². The highest BCUT2D eigenvalue weighted by Gasteiger charge is 2.12. The highest BCUT2D eigenvalue weighted by molar-refractivity contribution is 9.10. The fourth-order valence-electron chi connectivity index (χ4n) is 1.68. The second kappa shape index (κ2) is 5.10. The smallest absolute Gasteiger partial charge is 0.148 e. The summed E-state index contributed by atoms with van der Waals surface area (Å²) in [5.74, 6) is 0.891. The van der Waals surface area contributed by atoms with E-state index >= 15 is 0 Å². The number of nitrogen functional groups attached to an aromatic ring is 1. The minimum absolute atomic E-state index is 0.752. The number of nitrogens with two attached hydrogens (primary N) is 1. The Morgan fingerprint density at radius 3 is 2.88 bits per heavy atom. The predicted octanol–water partition coefficient (Wildman–Crippen LogP) is 3.00. The monoisotopic (exact) mass is 314 g/mol. The quantitative estimate of drug-likeness (QED) is 0.912. The lowest BCUT2D eigenvalue weighted by molar-refractivity contribution is 0.748. The van der Waals surface area contributed by atoms with Crippen molar-refractivity contribution in [3.8, 4) is 0 Å². The molecule has 6 heteroatoms. The zero-order valence-corrected chi connectivity index (χ0v) is 12.2. The van der Waals surface area contributed by atoms with E-state index in [4.69, 9.17) is 5.73 Å². The zero-order valence-electron chi connectivity index (χ0n) is 9.83. The first kappa shape index (κ1) is 12.4. The van der Waals surface area contributed by atoms with Crippen LogP contribution in [0, 0.1) is 0 Å². The van der Waals surface area contributed by atoms with Crippen molar-refractivity contribution >= 4 is 38.8 Å². The topological polar surface area (TPSA) is 55.9 Å². The van der Waals surface area contributed by atoms with Gasteiger partial charge in [0.05, 0.1) is 17.9 Å². The van der Waals surface area contributed by atoms with Crippen molar-refractivity contribution in [2.45, 2.75) is 19.9 Å². The molecule has 2 aromatic rings. The minimum Gasteiger partial charge on any atom is -0.394 e. The molecule has 0 unspecified atom stereocenters. The van der Waals surface area contributed by atoms with Crippen LogP contribution in [0.1, 0.15) is 17.5 Å². The van der Waals surface area contributed by atoms with Crippen LogP contribution in [0.5, 0.6) is 0 Å². The third-order valence-electron chi connectivity index (χ3n) is 2.60. The van der Waals surface area contributed by atoms with Gasteiger partial charge in [-0.15, -0.1) is 11.3 Å². The van der Waals surface area contributed by atoms with Crippen LogP contribution in [0.3, 0.4) is 0 Å². The average Bonchev–Trinajstić information content (AvgIpc) is 2.82. The fourth-order valence-corrected chi connectivity index (χ4v) is 3.11. The van der Waals surface area contributed by atoms with E-state index in [1.807, 2.05) is 13.1 Å². The van der Waals surface area contributed by atoms with Gasteiger partial charge in [0, 0.05) is 16.4 Å².